The van der Waals surface area contributed by atoms with Gasteiger partial charge in [-0.2, -0.15) is 0 Å². The maximum absolute atomic E-state index is 12.1. The third kappa shape index (κ3) is 2.10. The zero-order valence-electron chi connectivity index (χ0n) is 9.17. The first-order valence-corrected chi connectivity index (χ1v) is 6.06. The molecule has 0 radical (unpaired) electrons. The summed E-state index contributed by atoms with van der Waals surface area (Å²) in [5.74, 6) is 1.54. The molecule has 1 saturated carbocycles. The Kier molecular flexibility index (Phi) is 3.09. The average molecular weight is 195 g/mol. The lowest BCUT2D eigenvalue weighted by Gasteiger charge is -2.32. The van der Waals surface area contributed by atoms with Crippen LogP contribution in [-0.4, -0.2) is 23.9 Å². The van der Waals surface area contributed by atoms with Gasteiger partial charge in [0.25, 0.3) is 0 Å². The van der Waals surface area contributed by atoms with E-state index in [0.717, 1.165) is 25.9 Å². The van der Waals surface area contributed by atoms with Crippen LogP contribution in [0.4, 0.5) is 0 Å². The molecule has 14 heavy (non-hydrogen) atoms. The lowest BCUT2D eigenvalue weighted by Crippen LogP contribution is -2.41. The first-order chi connectivity index (χ1) is 6.77. The number of likely N-dealkylation sites (tertiary alicyclic amines) is 1. The summed E-state index contributed by atoms with van der Waals surface area (Å²) in [7, 11) is 0. The highest BCUT2D eigenvalue weighted by Gasteiger charge is 2.29. The molecule has 0 unspecified atom stereocenters. The fourth-order valence-corrected chi connectivity index (χ4v) is 2.82. The van der Waals surface area contributed by atoms with E-state index in [-0.39, 0.29) is 0 Å². The van der Waals surface area contributed by atoms with Crippen LogP contribution in [0.1, 0.15) is 45.4 Å². The van der Waals surface area contributed by atoms with Gasteiger partial charge in [-0.25, -0.2) is 0 Å². The van der Waals surface area contributed by atoms with Crippen molar-refractivity contribution in [3.63, 3.8) is 0 Å². The van der Waals surface area contributed by atoms with E-state index in [1.807, 2.05) is 0 Å². The molecule has 1 saturated heterocycles. The molecule has 2 aliphatic rings. The van der Waals surface area contributed by atoms with E-state index in [2.05, 4.69) is 11.8 Å². The van der Waals surface area contributed by atoms with Gasteiger partial charge in [-0.1, -0.05) is 19.8 Å². The van der Waals surface area contributed by atoms with E-state index in [9.17, 15) is 4.79 Å². The number of hydrogen-bond donors (Lipinski definition) is 0. The van der Waals surface area contributed by atoms with Gasteiger partial charge in [0.15, 0.2) is 0 Å². The molecule has 0 aromatic rings. The first-order valence-electron chi connectivity index (χ1n) is 6.06. The highest BCUT2D eigenvalue weighted by atomic mass is 16.2. The number of carbonyl (C=O) groups excluding carboxylic acids is 1. The summed E-state index contributed by atoms with van der Waals surface area (Å²) in [6.07, 6.45) is 7.32. The van der Waals surface area contributed by atoms with Gasteiger partial charge in [0.05, 0.1) is 0 Å². The Morgan fingerprint density at radius 2 is 1.86 bits per heavy atom. The summed E-state index contributed by atoms with van der Waals surface area (Å²) in [6.45, 7) is 4.28. The fourth-order valence-electron chi connectivity index (χ4n) is 2.82. The molecule has 2 fully saturated rings. The number of piperidine rings is 1. The van der Waals surface area contributed by atoms with Crippen LogP contribution in [-0.2, 0) is 4.79 Å². The second-order valence-electron chi connectivity index (χ2n) is 5.01. The van der Waals surface area contributed by atoms with Gasteiger partial charge in [-0.15, -0.1) is 0 Å². The molecule has 2 nitrogen and oxygen atoms in total. The average Bonchev–Trinajstić information content (AvgIpc) is 2.69. The van der Waals surface area contributed by atoms with Gasteiger partial charge in [0, 0.05) is 19.0 Å². The minimum absolute atomic E-state index is 0.375. The maximum atomic E-state index is 12.1. The van der Waals surface area contributed by atoms with E-state index < -0.39 is 0 Å². The molecule has 1 atom stereocenters. The topological polar surface area (TPSA) is 20.3 Å². The molecule has 0 bridgehead atoms. The first kappa shape index (κ1) is 10.0. The predicted molar refractivity (Wildman–Crippen MR) is 56.9 cm³/mol. The third-order valence-electron chi connectivity index (χ3n) is 3.67. The van der Waals surface area contributed by atoms with Crippen LogP contribution >= 0.6 is 0 Å². The second kappa shape index (κ2) is 4.33. The van der Waals surface area contributed by atoms with Crippen molar-refractivity contribution in [2.24, 2.45) is 11.8 Å². The van der Waals surface area contributed by atoms with Crippen molar-refractivity contribution in [2.45, 2.75) is 45.4 Å². The Balaban J connectivity index is 1.89. The van der Waals surface area contributed by atoms with Gasteiger partial charge < -0.3 is 4.90 Å². The highest BCUT2D eigenvalue weighted by molar-refractivity contribution is 5.79. The summed E-state index contributed by atoms with van der Waals surface area (Å²) < 4.78 is 0. The number of rotatable bonds is 1. The Labute approximate surface area is 86.7 Å². The molecule has 80 valence electrons. The smallest absolute Gasteiger partial charge is 0.225 e. The van der Waals surface area contributed by atoms with E-state index in [1.165, 1.54) is 25.7 Å². The monoisotopic (exact) mass is 195 g/mol. The van der Waals surface area contributed by atoms with Crippen molar-refractivity contribution in [2.75, 3.05) is 13.1 Å². The van der Waals surface area contributed by atoms with Gasteiger partial charge in [-0.3, -0.25) is 4.79 Å². The van der Waals surface area contributed by atoms with Crippen LogP contribution < -0.4 is 0 Å². The summed E-state index contributed by atoms with van der Waals surface area (Å²) in [5.41, 5.74) is 0. The zero-order valence-corrected chi connectivity index (χ0v) is 9.17. The summed E-state index contributed by atoms with van der Waals surface area (Å²) in [6, 6.07) is 0. The third-order valence-corrected chi connectivity index (χ3v) is 3.67. The van der Waals surface area contributed by atoms with Gasteiger partial charge in [0.1, 0.15) is 0 Å². The van der Waals surface area contributed by atoms with Crippen molar-refractivity contribution < 1.29 is 4.79 Å². The van der Waals surface area contributed by atoms with Crippen molar-refractivity contribution in [3.8, 4) is 0 Å². The minimum Gasteiger partial charge on any atom is -0.342 e. The SMILES string of the molecule is C[C@H]1CCCN(C(=O)C2CCCC2)C1. The van der Waals surface area contributed by atoms with Crippen LogP contribution in [0.15, 0.2) is 0 Å². The van der Waals surface area contributed by atoms with Gasteiger partial charge >= 0.3 is 0 Å². The lowest BCUT2D eigenvalue weighted by molar-refractivity contribution is -0.137. The molecule has 0 aromatic carbocycles. The molecule has 1 aliphatic carbocycles. The van der Waals surface area contributed by atoms with Crippen molar-refractivity contribution in [1.29, 1.82) is 0 Å². The van der Waals surface area contributed by atoms with E-state index in [0.29, 0.717) is 17.7 Å². The van der Waals surface area contributed by atoms with E-state index in [1.54, 1.807) is 0 Å². The number of amides is 1. The largest absolute Gasteiger partial charge is 0.342 e. The Bertz CT molecular complexity index is 208. The Morgan fingerprint density at radius 3 is 2.50 bits per heavy atom. The number of carbonyl (C=O) groups is 1. The molecular formula is C12H21NO. The van der Waals surface area contributed by atoms with Crippen LogP contribution in [0.5, 0.6) is 0 Å². The second-order valence-corrected chi connectivity index (χ2v) is 5.01. The lowest BCUT2D eigenvalue weighted by atomic mass is 9.98. The molecule has 2 heteroatoms. The zero-order chi connectivity index (χ0) is 9.97. The predicted octanol–water partition coefficient (Wildman–Crippen LogP) is 2.44. The standard InChI is InChI=1S/C12H21NO/c1-10-5-4-8-13(9-10)12(14)11-6-2-3-7-11/h10-11H,2-9H2,1H3/t10-/m0/s1. The molecule has 2 rings (SSSR count). The molecule has 0 N–H and O–H groups in total. The summed E-state index contributed by atoms with van der Waals surface area (Å²) in [4.78, 5) is 14.2. The molecule has 1 heterocycles. The minimum atomic E-state index is 0.375. The summed E-state index contributed by atoms with van der Waals surface area (Å²) in [5, 5.41) is 0. The molecule has 0 spiro atoms. The number of hydrogen-bond acceptors (Lipinski definition) is 1. The molecule has 1 amide bonds. The van der Waals surface area contributed by atoms with Crippen molar-refractivity contribution in [1.82, 2.24) is 4.90 Å². The number of nitrogens with zero attached hydrogens (tertiary/aromatic N) is 1. The van der Waals surface area contributed by atoms with Gasteiger partial charge in [-0.05, 0) is 31.6 Å². The van der Waals surface area contributed by atoms with Gasteiger partial charge in [0.2, 0.25) is 5.91 Å². The van der Waals surface area contributed by atoms with E-state index in [4.69, 9.17) is 0 Å². The summed E-state index contributed by atoms with van der Waals surface area (Å²) >= 11 is 0. The molecule has 0 aromatic heterocycles. The molecule has 1 aliphatic heterocycles. The quantitative estimate of drug-likeness (QED) is 0.629. The van der Waals surface area contributed by atoms with E-state index >= 15 is 0 Å². The van der Waals surface area contributed by atoms with Crippen LogP contribution in [0.25, 0.3) is 0 Å². The van der Waals surface area contributed by atoms with Crippen molar-refractivity contribution in [3.05, 3.63) is 0 Å². The fraction of sp³-hybridized carbons (Fsp3) is 0.917. The normalized spacial score (nSPS) is 29.5. The Morgan fingerprint density at radius 1 is 1.14 bits per heavy atom. The van der Waals surface area contributed by atoms with Crippen molar-refractivity contribution >= 4 is 5.91 Å². The van der Waals surface area contributed by atoms with Crippen LogP contribution in [0, 0.1) is 11.8 Å². The highest BCUT2D eigenvalue weighted by Crippen LogP contribution is 2.28. The maximum Gasteiger partial charge on any atom is 0.225 e. The van der Waals surface area contributed by atoms with Crippen LogP contribution in [0.2, 0.25) is 0 Å². The van der Waals surface area contributed by atoms with Crippen LogP contribution in [0.3, 0.4) is 0 Å². The molecular weight excluding hydrogens is 174 g/mol. The Hall–Kier alpha value is -0.530.